The lowest BCUT2D eigenvalue weighted by molar-refractivity contribution is 0.582. The minimum atomic E-state index is -0.712. The molecular weight excluding hydrogens is 322 g/mol. The van der Waals surface area contributed by atoms with Crippen molar-refractivity contribution in [3.05, 3.63) is 57.6 Å². The van der Waals surface area contributed by atoms with Crippen molar-refractivity contribution in [2.45, 2.75) is 13.8 Å². The lowest BCUT2D eigenvalue weighted by atomic mass is 10.2. The van der Waals surface area contributed by atoms with Crippen LogP contribution in [0.15, 0.2) is 29.4 Å². The molecule has 0 saturated heterocycles. The summed E-state index contributed by atoms with van der Waals surface area (Å²) >= 11 is 5.13. The largest absolute Gasteiger partial charge is 0.271 e. The Hall–Kier alpha value is -2.68. The number of rotatable bonds is 3. The van der Waals surface area contributed by atoms with Gasteiger partial charge in [-0.15, -0.1) is 5.10 Å². The first-order valence-corrected chi connectivity index (χ1v) is 7.07. The normalized spacial score (nSPS) is 11.5. The number of aryl methyl sites for hydroxylation is 2. The molecule has 3 aromatic rings. The van der Waals surface area contributed by atoms with Gasteiger partial charge in [0.1, 0.15) is 11.6 Å². The number of hydrogen-bond acceptors (Lipinski definition) is 4. The number of aromatic amines is 1. The predicted molar refractivity (Wildman–Crippen MR) is 83.4 cm³/mol. The van der Waals surface area contributed by atoms with Crippen LogP contribution in [0.2, 0.25) is 0 Å². The van der Waals surface area contributed by atoms with E-state index in [0.717, 1.165) is 23.5 Å². The van der Waals surface area contributed by atoms with Crippen molar-refractivity contribution in [3.8, 4) is 5.95 Å². The van der Waals surface area contributed by atoms with Crippen molar-refractivity contribution in [1.29, 1.82) is 0 Å². The third-order valence-electron chi connectivity index (χ3n) is 3.11. The third kappa shape index (κ3) is 2.95. The van der Waals surface area contributed by atoms with E-state index in [2.05, 4.69) is 20.4 Å². The van der Waals surface area contributed by atoms with Crippen LogP contribution in [0.3, 0.4) is 0 Å². The number of halogens is 2. The number of H-pyrrole nitrogens is 1. The van der Waals surface area contributed by atoms with Gasteiger partial charge in [-0.2, -0.15) is 14.9 Å². The average Bonchev–Trinajstić information content (AvgIpc) is 3.00. The number of nitrogens with one attached hydrogen (secondary N) is 1. The molecule has 1 aromatic carbocycles. The van der Waals surface area contributed by atoms with Crippen LogP contribution in [0, 0.1) is 30.3 Å². The Bertz CT molecular complexity index is 953. The molecule has 118 valence electrons. The zero-order valence-corrected chi connectivity index (χ0v) is 13.1. The Morgan fingerprint density at radius 2 is 2.04 bits per heavy atom. The first-order chi connectivity index (χ1) is 11.0. The molecule has 2 aromatic heterocycles. The molecule has 1 N–H and O–H groups in total. The quantitative estimate of drug-likeness (QED) is 0.592. The molecule has 6 nitrogen and oxygen atoms in total. The van der Waals surface area contributed by atoms with Gasteiger partial charge in [-0.05, 0) is 44.3 Å². The third-order valence-corrected chi connectivity index (χ3v) is 3.37. The maximum Gasteiger partial charge on any atom is 0.271 e. The first kappa shape index (κ1) is 15.2. The minimum Gasteiger partial charge on any atom is -0.248 e. The molecule has 0 atom stereocenters. The van der Waals surface area contributed by atoms with Crippen molar-refractivity contribution in [3.63, 3.8) is 0 Å². The molecule has 0 fully saturated rings. The van der Waals surface area contributed by atoms with E-state index in [4.69, 9.17) is 12.2 Å². The second kappa shape index (κ2) is 5.84. The number of nitrogens with zero attached hydrogens (tertiary/aromatic N) is 5. The maximum absolute atomic E-state index is 13.7. The first-order valence-electron chi connectivity index (χ1n) is 6.66. The number of hydrogen-bond donors (Lipinski definition) is 1. The summed E-state index contributed by atoms with van der Waals surface area (Å²) in [5.41, 5.74) is 1.80. The van der Waals surface area contributed by atoms with Crippen LogP contribution in [-0.4, -0.2) is 30.9 Å². The molecule has 0 unspecified atom stereocenters. The van der Waals surface area contributed by atoms with Gasteiger partial charge in [-0.25, -0.2) is 18.6 Å². The van der Waals surface area contributed by atoms with Gasteiger partial charge in [0.15, 0.2) is 0 Å². The fraction of sp³-hybridized carbons (Fsp3) is 0.143. The van der Waals surface area contributed by atoms with Gasteiger partial charge in [-0.1, -0.05) is 0 Å². The molecule has 0 aliphatic carbocycles. The second-order valence-electron chi connectivity index (χ2n) is 4.89. The summed E-state index contributed by atoms with van der Waals surface area (Å²) in [4.78, 5) is 0. The molecule has 0 radical (unpaired) electrons. The van der Waals surface area contributed by atoms with Crippen molar-refractivity contribution in [2.75, 3.05) is 0 Å². The van der Waals surface area contributed by atoms with E-state index in [1.165, 1.54) is 17.0 Å². The highest BCUT2D eigenvalue weighted by molar-refractivity contribution is 7.71. The minimum absolute atomic E-state index is 0.133. The Kier molecular flexibility index (Phi) is 3.87. The van der Waals surface area contributed by atoms with E-state index >= 15 is 0 Å². The Morgan fingerprint density at radius 1 is 1.26 bits per heavy atom. The molecule has 3 rings (SSSR count). The van der Waals surface area contributed by atoms with Crippen LogP contribution >= 0.6 is 12.2 Å². The molecule has 23 heavy (non-hydrogen) atoms. The summed E-state index contributed by atoms with van der Waals surface area (Å²) in [5.74, 6) is -1.02. The van der Waals surface area contributed by atoms with E-state index in [9.17, 15) is 8.78 Å². The van der Waals surface area contributed by atoms with E-state index in [0.29, 0.717) is 5.95 Å². The van der Waals surface area contributed by atoms with Gasteiger partial charge in [0.2, 0.25) is 4.77 Å². The monoisotopic (exact) mass is 334 g/mol. The fourth-order valence-corrected chi connectivity index (χ4v) is 2.26. The van der Waals surface area contributed by atoms with Crippen molar-refractivity contribution < 1.29 is 8.78 Å². The summed E-state index contributed by atoms with van der Waals surface area (Å²) in [5, 5.41) is 15.1. The van der Waals surface area contributed by atoms with E-state index in [-0.39, 0.29) is 10.3 Å². The molecule has 0 bridgehead atoms. The van der Waals surface area contributed by atoms with E-state index in [1.54, 1.807) is 4.68 Å². The Labute approximate surface area is 135 Å². The van der Waals surface area contributed by atoms with Crippen LogP contribution in [0.1, 0.15) is 17.0 Å². The van der Waals surface area contributed by atoms with E-state index < -0.39 is 11.6 Å². The summed E-state index contributed by atoms with van der Waals surface area (Å²) in [6.45, 7) is 3.72. The highest BCUT2D eigenvalue weighted by atomic mass is 32.1. The Balaban J connectivity index is 2.04. The van der Waals surface area contributed by atoms with Crippen molar-refractivity contribution >= 4 is 18.4 Å². The van der Waals surface area contributed by atoms with Crippen LogP contribution in [0.5, 0.6) is 0 Å². The summed E-state index contributed by atoms with van der Waals surface area (Å²) in [6, 6.07) is 5.12. The van der Waals surface area contributed by atoms with Gasteiger partial charge < -0.3 is 0 Å². The van der Waals surface area contributed by atoms with Crippen LogP contribution in [0.4, 0.5) is 8.78 Å². The fourth-order valence-electron chi connectivity index (χ4n) is 2.08. The summed E-state index contributed by atoms with van der Waals surface area (Å²) < 4.78 is 29.7. The number of benzene rings is 1. The zero-order chi connectivity index (χ0) is 16.6. The molecule has 0 amide bonds. The molecule has 0 spiro atoms. The molecule has 0 aliphatic rings. The van der Waals surface area contributed by atoms with Crippen LogP contribution < -0.4 is 0 Å². The highest BCUT2D eigenvalue weighted by Crippen LogP contribution is 2.11. The highest BCUT2D eigenvalue weighted by Gasteiger charge is 2.12. The van der Waals surface area contributed by atoms with Gasteiger partial charge in [0.05, 0.1) is 11.9 Å². The lowest BCUT2D eigenvalue weighted by Crippen LogP contribution is -2.07. The van der Waals surface area contributed by atoms with Gasteiger partial charge in [0, 0.05) is 17.3 Å². The topological polar surface area (TPSA) is 63.8 Å². The molecule has 0 saturated carbocycles. The smallest absolute Gasteiger partial charge is 0.248 e. The average molecular weight is 334 g/mol. The van der Waals surface area contributed by atoms with Crippen LogP contribution in [-0.2, 0) is 0 Å². The standard InChI is InChI=1S/C14H12F2N6S/c1-8-5-9(2)21(20-8)13-18-19-14(23)22(13)17-7-10-3-4-11(15)6-12(10)16/h3-7H,1-2H3,(H,19,23)/b17-7-. The lowest BCUT2D eigenvalue weighted by Gasteiger charge is -2.02. The van der Waals surface area contributed by atoms with Crippen LogP contribution in [0.25, 0.3) is 5.95 Å². The SMILES string of the molecule is Cc1cc(C)n(-c2n[nH]c(=S)n2/N=C\c2ccc(F)cc2F)n1. The van der Waals surface area contributed by atoms with Gasteiger partial charge >= 0.3 is 0 Å². The van der Waals surface area contributed by atoms with E-state index in [1.807, 2.05) is 19.9 Å². The van der Waals surface area contributed by atoms with Gasteiger partial charge in [0.25, 0.3) is 5.95 Å². The van der Waals surface area contributed by atoms with Gasteiger partial charge in [-0.3, -0.25) is 0 Å². The zero-order valence-electron chi connectivity index (χ0n) is 12.3. The molecule has 9 heteroatoms. The molecular formula is C14H12F2N6S. The van der Waals surface area contributed by atoms with Crippen molar-refractivity contribution in [2.24, 2.45) is 5.10 Å². The maximum atomic E-state index is 13.7. The summed E-state index contributed by atoms with van der Waals surface area (Å²) in [7, 11) is 0. The number of aromatic nitrogens is 5. The predicted octanol–water partition coefficient (Wildman–Crippen LogP) is 2.90. The summed E-state index contributed by atoms with van der Waals surface area (Å²) in [6.07, 6.45) is 1.25. The Morgan fingerprint density at radius 3 is 2.70 bits per heavy atom. The molecule has 0 aliphatic heterocycles. The second-order valence-corrected chi connectivity index (χ2v) is 5.28. The molecule has 2 heterocycles. The van der Waals surface area contributed by atoms with Crippen molar-refractivity contribution in [1.82, 2.24) is 24.7 Å².